The summed E-state index contributed by atoms with van der Waals surface area (Å²) in [5.41, 5.74) is 4.00. The van der Waals surface area contributed by atoms with Gasteiger partial charge in [-0.15, -0.1) is 0 Å². The van der Waals surface area contributed by atoms with E-state index in [1.807, 2.05) is 13.8 Å². The minimum atomic E-state index is -0.887. The van der Waals surface area contributed by atoms with Gasteiger partial charge in [0.15, 0.2) is 11.6 Å². The lowest BCUT2D eigenvalue weighted by Crippen LogP contribution is -2.31. The van der Waals surface area contributed by atoms with Crippen LogP contribution in [-0.2, 0) is 9.59 Å². The summed E-state index contributed by atoms with van der Waals surface area (Å²) in [5.74, 6) is -0.258. The molecule has 0 aromatic heterocycles. The molecule has 0 amide bonds. The van der Waals surface area contributed by atoms with Crippen LogP contribution in [0.3, 0.4) is 0 Å². The van der Waals surface area contributed by atoms with Crippen LogP contribution in [0.4, 0.5) is 0 Å². The number of unbranched alkanes of at least 4 members (excludes halogenated alkanes) is 1. The van der Waals surface area contributed by atoms with Gasteiger partial charge in [0.1, 0.15) is 0 Å². The van der Waals surface area contributed by atoms with Gasteiger partial charge in [-0.1, -0.05) is 42.4 Å². The number of carbonyl (C=O) groups excluding carboxylic acids is 2. The average Bonchev–Trinajstić information content (AvgIpc) is 2.69. The summed E-state index contributed by atoms with van der Waals surface area (Å²) in [6, 6.07) is 0. The van der Waals surface area contributed by atoms with Gasteiger partial charge < -0.3 is 5.11 Å². The molecule has 32 heavy (non-hydrogen) atoms. The van der Waals surface area contributed by atoms with Crippen molar-refractivity contribution in [1.82, 2.24) is 0 Å². The van der Waals surface area contributed by atoms with Crippen LogP contribution < -0.4 is 0 Å². The molecule has 1 aliphatic carbocycles. The molecule has 2 atom stereocenters. The Morgan fingerprint density at radius 3 is 2.09 bits per heavy atom. The van der Waals surface area contributed by atoms with E-state index >= 15 is 0 Å². The van der Waals surface area contributed by atoms with Gasteiger partial charge in [-0.3, -0.25) is 9.59 Å². The van der Waals surface area contributed by atoms with E-state index in [-0.39, 0.29) is 17.5 Å². The van der Waals surface area contributed by atoms with Gasteiger partial charge in [0, 0.05) is 22.3 Å². The molecular weight excluding hydrogens is 396 g/mol. The second-order valence-corrected chi connectivity index (χ2v) is 10.0. The molecule has 0 spiro atoms. The molecule has 3 nitrogen and oxygen atoms in total. The molecule has 2 unspecified atom stereocenters. The highest BCUT2D eigenvalue weighted by Crippen LogP contribution is 2.34. The molecule has 0 aromatic carbocycles. The highest BCUT2D eigenvalue weighted by molar-refractivity contribution is 6.24. The van der Waals surface area contributed by atoms with Crippen LogP contribution in [0, 0.1) is 5.92 Å². The van der Waals surface area contributed by atoms with E-state index in [0.717, 1.165) is 32.1 Å². The molecule has 1 N–H and O–H groups in total. The number of hydrogen-bond donors (Lipinski definition) is 1. The van der Waals surface area contributed by atoms with Gasteiger partial charge in [-0.05, 0) is 99.3 Å². The van der Waals surface area contributed by atoms with Gasteiger partial charge in [-0.2, -0.15) is 0 Å². The topological polar surface area (TPSA) is 54.4 Å². The Labute approximate surface area is 196 Å². The van der Waals surface area contributed by atoms with Crippen molar-refractivity contribution in [3.63, 3.8) is 0 Å². The second-order valence-electron chi connectivity index (χ2n) is 10.0. The van der Waals surface area contributed by atoms with E-state index in [1.165, 1.54) is 11.1 Å². The predicted molar refractivity (Wildman–Crippen MR) is 136 cm³/mol. The fourth-order valence-corrected chi connectivity index (χ4v) is 4.32. The van der Waals surface area contributed by atoms with E-state index < -0.39 is 5.60 Å². The molecule has 1 rings (SSSR count). The van der Waals surface area contributed by atoms with Crippen molar-refractivity contribution in [3.8, 4) is 0 Å². The number of ketones is 2. The first-order valence-corrected chi connectivity index (χ1v) is 12.0. The summed E-state index contributed by atoms with van der Waals surface area (Å²) in [7, 11) is 0. The first-order valence-electron chi connectivity index (χ1n) is 12.0. The zero-order chi connectivity index (χ0) is 24.5. The molecular formula is C29H44O3. The van der Waals surface area contributed by atoms with Crippen LogP contribution in [0.2, 0.25) is 0 Å². The lowest BCUT2D eigenvalue weighted by atomic mass is 9.76. The molecule has 0 fully saturated rings. The van der Waals surface area contributed by atoms with Crippen molar-refractivity contribution in [2.24, 2.45) is 5.92 Å². The van der Waals surface area contributed by atoms with Crippen molar-refractivity contribution in [2.75, 3.05) is 0 Å². The van der Waals surface area contributed by atoms with Crippen LogP contribution in [-0.4, -0.2) is 22.3 Å². The normalized spacial score (nSPS) is 18.5. The molecule has 1 aliphatic rings. The summed E-state index contributed by atoms with van der Waals surface area (Å²) >= 11 is 0. The number of hydrogen-bond acceptors (Lipinski definition) is 3. The summed E-state index contributed by atoms with van der Waals surface area (Å²) in [6.07, 6.45) is 15.2. The van der Waals surface area contributed by atoms with Crippen molar-refractivity contribution >= 4 is 11.6 Å². The molecule has 3 heteroatoms. The van der Waals surface area contributed by atoms with E-state index in [4.69, 9.17) is 0 Å². The average molecular weight is 441 g/mol. The van der Waals surface area contributed by atoms with E-state index in [0.29, 0.717) is 35.1 Å². The lowest BCUT2D eigenvalue weighted by molar-refractivity contribution is -0.117. The SMILES string of the molecule is CC(C)=CCC/C=C/CC/C(C)=C/CCC(C)(O)CC(C)C1=C(C)C(=O)C(C)=C(C)C1=O. The maximum absolute atomic E-state index is 12.8. The first kappa shape index (κ1) is 28.0. The largest absolute Gasteiger partial charge is 0.390 e. The number of carbonyl (C=O) groups is 2. The Morgan fingerprint density at radius 2 is 1.47 bits per heavy atom. The third-order valence-corrected chi connectivity index (χ3v) is 6.41. The van der Waals surface area contributed by atoms with Gasteiger partial charge in [-0.25, -0.2) is 0 Å². The Kier molecular flexibility index (Phi) is 11.3. The van der Waals surface area contributed by atoms with Crippen molar-refractivity contribution < 1.29 is 14.7 Å². The molecule has 0 saturated heterocycles. The highest BCUT2D eigenvalue weighted by atomic mass is 16.3. The number of aliphatic hydroxyl groups is 1. The Balaban J connectivity index is 2.54. The molecule has 0 radical (unpaired) electrons. The third kappa shape index (κ3) is 8.86. The highest BCUT2D eigenvalue weighted by Gasteiger charge is 2.33. The predicted octanol–water partition coefficient (Wildman–Crippen LogP) is 7.38. The molecule has 0 aromatic rings. The third-order valence-electron chi connectivity index (χ3n) is 6.41. The van der Waals surface area contributed by atoms with Crippen LogP contribution in [0.25, 0.3) is 0 Å². The molecule has 0 aliphatic heterocycles. The van der Waals surface area contributed by atoms with Crippen LogP contribution in [0.15, 0.2) is 57.7 Å². The van der Waals surface area contributed by atoms with Gasteiger partial charge in [0.2, 0.25) is 0 Å². The van der Waals surface area contributed by atoms with Crippen LogP contribution in [0.1, 0.15) is 100 Å². The van der Waals surface area contributed by atoms with Gasteiger partial charge >= 0.3 is 0 Å². The first-order chi connectivity index (χ1) is 14.9. The zero-order valence-corrected chi connectivity index (χ0v) is 21.6. The van der Waals surface area contributed by atoms with Crippen molar-refractivity contribution in [3.05, 3.63) is 57.7 Å². The summed E-state index contributed by atoms with van der Waals surface area (Å²) in [5, 5.41) is 10.9. The summed E-state index contributed by atoms with van der Waals surface area (Å²) < 4.78 is 0. The van der Waals surface area contributed by atoms with Gasteiger partial charge in [0.25, 0.3) is 0 Å². The van der Waals surface area contributed by atoms with Gasteiger partial charge in [0.05, 0.1) is 5.60 Å². The van der Waals surface area contributed by atoms with E-state index in [2.05, 4.69) is 45.1 Å². The summed E-state index contributed by atoms with van der Waals surface area (Å²) in [6.45, 7) is 15.3. The van der Waals surface area contributed by atoms with Crippen LogP contribution >= 0.6 is 0 Å². The van der Waals surface area contributed by atoms with Crippen LogP contribution in [0.5, 0.6) is 0 Å². The lowest BCUT2D eigenvalue weighted by Gasteiger charge is -2.30. The fraction of sp³-hybridized carbons (Fsp3) is 0.586. The Hall–Kier alpha value is -2.00. The molecule has 0 bridgehead atoms. The monoisotopic (exact) mass is 440 g/mol. The maximum atomic E-state index is 12.8. The van der Waals surface area contributed by atoms with Crippen molar-refractivity contribution in [1.29, 1.82) is 0 Å². The zero-order valence-electron chi connectivity index (χ0n) is 21.6. The fourth-order valence-electron chi connectivity index (χ4n) is 4.32. The Morgan fingerprint density at radius 1 is 0.875 bits per heavy atom. The second kappa shape index (κ2) is 12.9. The number of allylic oxidation sites excluding steroid dienone is 10. The van der Waals surface area contributed by atoms with E-state index in [1.54, 1.807) is 20.8 Å². The molecule has 0 saturated carbocycles. The maximum Gasteiger partial charge on any atom is 0.185 e. The van der Waals surface area contributed by atoms with Crippen molar-refractivity contribution in [2.45, 2.75) is 106 Å². The quantitative estimate of drug-likeness (QED) is 0.196. The Bertz CT molecular complexity index is 840. The number of Topliss-reactive ketones (excluding diaryl/α,β-unsaturated/α-hetero) is 2. The molecule has 0 heterocycles. The minimum absolute atomic E-state index is 0.0480. The summed E-state index contributed by atoms with van der Waals surface area (Å²) in [4.78, 5) is 25.2. The van der Waals surface area contributed by atoms with E-state index in [9.17, 15) is 14.7 Å². The molecule has 178 valence electrons. The standard InChI is InChI=1S/C29H44O3/c1-20(2)15-12-10-9-11-13-16-21(3)17-14-18-29(8,32)19-22(4)26-25(7)27(30)23(5)24(6)28(26)31/h9,11,15,17,22,32H,10,12-14,16,18-19H2,1-8H3/b11-9+,21-17+. The minimum Gasteiger partial charge on any atom is -0.390 e. The number of rotatable bonds is 12. The smallest absolute Gasteiger partial charge is 0.185 e.